The summed E-state index contributed by atoms with van der Waals surface area (Å²) in [5.74, 6) is 2.63. The van der Waals surface area contributed by atoms with Gasteiger partial charge in [0.15, 0.2) is 11.5 Å². The van der Waals surface area contributed by atoms with Crippen LogP contribution >= 0.6 is 0 Å². The van der Waals surface area contributed by atoms with E-state index in [0.29, 0.717) is 11.7 Å². The van der Waals surface area contributed by atoms with Crippen molar-refractivity contribution in [3.05, 3.63) is 108 Å². The molecule has 3 heterocycles. The van der Waals surface area contributed by atoms with Gasteiger partial charge in [0, 0.05) is 36.8 Å². The highest BCUT2D eigenvalue weighted by molar-refractivity contribution is 5.91. The van der Waals surface area contributed by atoms with Gasteiger partial charge in [-0.2, -0.15) is 0 Å². The fourth-order valence-electron chi connectivity index (χ4n) is 5.27. The maximum Gasteiger partial charge on any atom is 0.228 e. The van der Waals surface area contributed by atoms with Crippen molar-refractivity contribution in [3.8, 4) is 28.8 Å². The van der Waals surface area contributed by atoms with E-state index in [-0.39, 0.29) is 5.92 Å². The molecule has 1 aliphatic heterocycles. The van der Waals surface area contributed by atoms with Crippen molar-refractivity contribution < 1.29 is 9.47 Å². The standard InChI is InChI=1S/C31H25N5O2/c1-35(2)22-13-8-21(9-14-22)29-33-30-28-26(20-10-15-23(37-3)16-11-20)27-24-7-5-4-6-19(24)12-17-25(27)38-31(28)32-18-36(30)34-29/h4-18,26H,1-3H3/t26-/m0/s1. The summed E-state index contributed by atoms with van der Waals surface area (Å²) in [6.07, 6.45) is 1.68. The van der Waals surface area contributed by atoms with Crippen LogP contribution in [0.1, 0.15) is 22.6 Å². The Labute approximate surface area is 219 Å². The molecule has 1 aliphatic rings. The van der Waals surface area contributed by atoms with E-state index in [2.05, 4.69) is 64.5 Å². The number of nitrogens with zero attached hydrogens (tertiary/aromatic N) is 5. The molecule has 0 N–H and O–H groups in total. The van der Waals surface area contributed by atoms with E-state index < -0.39 is 0 Å². The molecule has 0 amide bonds. The van der Waals surface area contributed by atoms with Gasteiger partial charge in [0.1, 0.15) is 17.8 Å². The van der Waals surface area contributed by atoms with Crippen molar-refractivity contribution in [1.82, 2.24) is 19.6 Å². The van der Waals surface area contributed by atoms with Crippen LogP contribution in [-0.2, 0) is 0 Å². The molecule has 0 radical (unpaired) electrons. The highest BCUT2D eigenvalue weighted by atomic mass is 16.5. The lowest BCUT2D eigenvalue weighted by Gasteiger charge is -2.29. The van der Waals surface area contributed by atoms with E-state index >= 15 is 0 Å². The Bertz CT molecular complexity index is 1810. The first-order chi connectivity index (χ1) is 18.6. The van der Waals surface area contributed by atoms with Gasteiger partial charge in [0.2, 0.25) is 5.88 Å². The fourth-order valence-corrected chi connectivity index (χ4v) is 5.27. The number of anilines is 1. The van der Waals surface area contributed by atoms with E-state index in [1.54, 1.807) is 18.0 Å². The topological polar surface area (TPSA) is 64.8 Å². The Kier molecular flexibility index (Phi) is 5.04. The van der Waals surface area contributed by atoms with Crippen LogP contribution in [0.15, 0.2) is 91.3 Å². The first-order valence-electron chi connectivity index (χ1n) is 12.5. The van der Waals surface area contributed by atoms with Crippen LogP contribution in [0.2, 0.25) is 0 Å². The average molecular weight is 500 g/mol. The zero-order valence-electron chi connectivity index (χ0n) is 21.3. The molecule has 0 spiro atoms. The summed E-state index contributed by atoms with van der Waals surface area (Å²) in [6.45, 7) is 0. The van der Waals surface area contributed by atoms with Gasteiger partial charge in [0.25, 0.3) is 0 Å². The third-order valence-electron chi connectivity index (χ3n) is 7.19. The number of hydrogen-bond donors (Lipinski definition) is 0. The lowest BCUT2D eigenvalue weighted by atomic mass is 9.81. The molecule has 0 aliphatic carbocycles. The molecule has 2 aromatic heterocycles. The fraction of sp³-hybridized carbons (Fsp3) is 0.129. The predicted molar refractivity (Wildman–Crippen MR) is 149 cm³/mol. The van der Waals surface area contributed by atoms with Crippen LogP contribution in [0.3, 0.4) is 0 Å². The van der Waals surface area contributed by atoms with Crippen molar-refractivity contribution >= 4 is 22.1 Å². The van der Waals surface area contributed by atoms with Gasteiger partial charge in [0.05, 0.1) is 12.7 Å². The van der Waals surface area contributed by atoms with Crippen LogP contribution in [-0.4, -0.2) is 40.8 Å². The molecule has 6 aromatic rings. The van der Waals surface area contributed by atoms with E-state index in [0.717, 1.165) is 55.9 Å². The van der Waals surface area contributed by atoms with Crippen LogP contribution in [0.5, 0.6) is 17.4 Å². The minimum Gasteiger partial charge on any atom is -0.497 e. The van der Waals surface area contributed by atoms with Crippen LogP contribution in [0.4, 0.5) is 5.69 Å². The average Bonchev–Trinajstić information content (AvgIpc) is 3.41. The summed E-state index contributed by atoms with van der Waals surface area (Å²) in [6, 6.07) is 28.9. The number of hydrogen-bond acceptors (Lipinski definition) is 6. The maximum absolute atomic E-state index is 6.42. The van der Waals surface area contributed by atoms with Gasteiger partial charge in [-0.25, -0.2) is 14.5 Å². The van der Waals surface area contributed by atoms with Crippen molar-refractivity contribution in [3.63, 3.8) is 0 Å². The Morgan fingerprint density at radius 2 is 1.66 bits per heavy atom. The van der Waals surface area contributed by atoms with Gasteiger partial charge in [-0.1, -0.05) is 42.5 Å². The molecule has 0 bridgehead atoms. The number of benzene rings is 4. The lowest BCUT2D eigenvalue weighted by Crippen LogP contribution is -2.15. The molecule has 7 nitrogen and oxygen atoms in total. The van der Waals surface area contributed by atoms with Crippen LogP contribution < -0.4 is 14.4 Å². The van der Waals surface area contributed by atoms with Crippen LogP contribution in [0, 0.1) is 0 Å². The molecule has 7 heteroatoms. The van der Waals surface area contributed by atoms with Gasteiger partial charge in [-0.15, -0.1) is 5.10 Å². The molecule has 186 valence electrons. The number of aromatic nitrogens is 4. The van der Waals surface area contributed by atoms with E-state index in [9.17, 15) is 0 Å². The third kappa shape index (κ3) is 3.47. The van der Waals surface area contributed by atoms with Crippen LogP contribution in [0.25, 0.3) is 27.8 Å². The summed E-state index contributed by atoms with van der Waals surface area (Å²) in [5.41, 5.74) is 5.87. The first kappa shape index (κ1) is 22.3. The number of ether oxygens (including phenoxy) is 2. The second-order valence-corrected chi connectivity index (χ2v) is 9.62. The number of fused-ring (bicyclic) bond motifs is 6. The smallest absolute Gasteiger partial charge is 0.228 e. The van der Waals surface area contributed by atoms with Gasteiger partial charge >= 0.3 is 0 Å². The molecule has 0 unspecified atom stereocenters. The molecule has 0 saturated heterocycles. The zero-order valence-corrected chi connectivity index (χ0v) is 21.3. The third-order valence-corrected chi connectivity index (χ3v) is 7.19. The lowest BCUT2D eigenvalue weighted by molar-refractivity contribution is 0.414. The zero-order chi connectivity index (χ0) is 25.8. The molecule has 4 aromatic carbocycles. The van der Waals surface area contributed by atoms with E-state index in [1.807, 2.05) is 44.4 Å². The van der Waals surface area contributed by atoms with Crippen molar-refractivity contribution in [1.29, 1.82) is 0 Å². The minimum absolute atomic E-state index is 0.157. The van der Waals surface area contributed by atoms with E-state index in [1.165, 1.54) is 0 Å². The van der Waals surface area contributed by atoms with Gasteiger partial charge in [-0.3, -0.25) is 0 Å². The summed E-state index contributed by atoms with van der Waals surface area (Å²) in [7, 11) is 5.73. The Morgan fingerprint density at radius 3 is 2.42 bits per heavy atom. The van der Waals surface area contributed by atoms with E-state index in [4.69, 9.17) is 19.6 Å². The summed E-state index contributed by atoms with van der Waals surface area (Å²) < 4.78 is 13.6. The summed E-state index contributed by atoms with van der Waals surface area (Å²) in [4.78, 5) is 11.8. The van der Waals surface area contributed by atoms with Crippen molar-refractivity contribution in [2.75, 3.05) is 26.1 Å². The molecule has 0 fully saturated rings. The molecule has 38 heavy (non-hydrogen) atoms. The molecule has 0 saturated carbocycles. The van der Waals surface area contributed by atoms with Gasteiger partial charge < -0.3 is 14.4 Å². The quantitative estimate of drug-likeness (QED) is 0.283. The van der Waals surface area contributed by atoms with Gasteiger partial charge in [-0.05, 0) is 58.8 Å². The second-order valence-electron chi connectivity index (χ2n) is 9.62. The predicted octanol–water partition coefficient (Wildman–Crippen LogP) is 6.31. The molecular formula is C31H25N5O2. The molecule has 7 rings (SSSR count). The Morgan fingerprint density at radius 1 is 0.868 bits per heavy atom. The highest BCUT2D eigenvalue weighted by Crippen LogP contribution is 2.50. The normalized spacial score (nSPS) is 14.1. The summed E-state index contributed by atoms with van der Waals surface area (Å²) in [5, 5.41) is 7.08. The minimum atomic E-state index is -0.157. The Hall–Kier alpha value is -4.91. The monoisotopic (exact) mass is 499 g/mol. The number of rotatable bonds is 4. The molecule has 1 atom stereocenters. The largest absolute Gasteiger partial charge is 0.497 e. The van der Waals surface area contributed by atoms with Crippen molar-refractivity contribution in [2.24, 2.45) is 0 Å². The highest BCUT2D eigenvalue weighted by Gasteiger charge is 2.34. The second kappa shape index (κ2) is 8.59. The Balaban J connectivity index is 1.47. The first-order valence-corrected chi connectivity index (χ1v) is 12.5. The maximum atomic E-state index is 6.42. The molecular weight excluding hydrogens is 474 g/mol. The SMILES string of the molecule is COc1ccc([C@H]2c3c(ccc4ccccc34)Oc3ncn4nc(-c5ccc(N(C)C)cc5)nc4c32)cc1. The van der Waals surface area contributed by atoms with Crippen molar-refractivity contribution in [2.45, 2.75) is 5.92 Å². The number of methoxy groups -OCH3 is 1. The summed E-state index contributed by atoms with van der Waals surface area (Å²) >= 11 is 0.